The first-order valence-corrected chi connectivity index (χ1v) is 8.79. The van der Waals surface area contributed by atoms with Gasteiger partial charge in [0.2, 0.25) is 5.88 Å². The molecule has 132 valence electrons. The zero-order chi connectivity index (χ0) is 17.6. The maximum Gasteiger partial charge on any atom is 0.234 e. The summed E-state index contributed by atoms with van der Waals surface area (Å²) in [6, 6.07) is 14.1. The molecule has 2 aromatic heterocycles. The number of nitrogens with zero attached hydrogens (tertiary/aromatic N) is 4. The number of rotatable bonds is 5. The maximum absolute atomic E-state index is 5.84. The summed E-state index contributed by atoms with van der Waals surface area (Å²) in [5, 5.41) is 3.34. The van der Waals surface area contributed by atoms with Gasteiger partial charge in [0.25, 0.3) is 0 Å². The molecule has 0 atom stereocenters. The first-order chi connectivity index (χ1) is 12.9. The van der Waals surface area contributed by atoms with Crippen molar-refractivity contribution in [2.24, 2.45) is 0 Å². The Morgan fingerprint density at radius 2 is 1.85 bits per heavy atom. The second-order valence-corrected chi connectivity index (χ2v) is 6.15. The van der Waals surface area contributed by atoms with Crippen LogP contribution < -0.4 is 15.0 Å². The number of pyridine rings is 1. The van der Waals surface area contributed by atoms with E-state index in [4.69, 9.17) is 4.74 Å². The zero-order valence-corrected chi connectivity index (χ0v) is 14.5. The third-order valence-corrected chi connectivity index (χ3v) is 4.34. The summed E-state index contributed by atoms with van der Waals surface area (Å²) in [7, 11) is 0. The number of hydrogen-bond donors (Lipinski definition) is 1. The minimum atomic E-state index is 0.461. The van der Waals surface area contributed by atoms with Crippen LogP contribution in [0.25, 0.3) is 11.3 Å². The Hall–Kier alpha value is -2.99. The molecule has 6 nitrogen and oxygen atoms in total. The molecule has 0 aliphatic carbocycles. The summed E-state index contributed by atoms with van der Waals surface area (Å²) in [6.07, 6.45) is 5.25. The first kappa shape index (κ1) is 16.5. The highest BCUT2D eigenvalue weighted by molar-refractivity contribution is 5.58. The maximum atomic E-state index is 5.84. The Morgan fingerprint density at radius 3 is 2.62 bits per heavy atom. The van der Waals surface area contributed by atoms with Crippen LogP contribution in [0.5, 0.6) is 5.88 Å². The average molecular weight is 347 g/mol. The van der Waals surface area contributed by atoms with Gasteiger partial charge in [-0.2, -0.15) is 4.98 Å². The van der Waals surface area contributed by atoms with Crippen molar-refractivity contribution in [1.29, 1.82) is 0 Å². The average Bonchev–Trinajstić information content (AvgIpc) is 2.74. The van der Waals surface area contributed by atoms with Crippen LogP contribution in [0.15, 0.2) is 61.1 Å². The lowest BCUT2D eigenvalue weighted by atomic mass is 10.1. The molecule has 1 aromatic carbocycles. The van der Waals surface area contributed by atoms with Gasteiger partial charge in [0.15, 0.2) is 5.82 Å². The van der Waals surface area contributed by atoms with Gasteiger partial charge in [0, 0.05) is 37.9 Å². The Balaban J connectivity index is 1.39. The Morgan fingerprint density at radius 1 is 1.00 bits per heavy atom. The van der Waals surface area contributed by atoms with Crippen molar-refractivity contribution in [1.82, 2.24) is 20.3 Å². The Bertz CT molecular complexity index is 832. The minimum absolute atomic E-state index is 0.461. The molecule has 1 aliphatic rings. The molecule has 3 aromatic rings. The fourth-order valence-corrected chi connectivity index (χ4v) is 2.92. The SMILES string of the molecule is c1ccc(-c2ccc(COc3cncc(N4CCNCC4)n3)cc2)nc1. The van der Waals surface area contributed by atoms with E-state index in [-0.39, 0.29) is 0 Å². The largest absolute Gasteiger partial charge is 0.472 e. The zero-order valence-electron chi connectivity index (χ0n) is 14.5. The van der Waals surface area contributed by atoms with Gasteiger partial charge in [0.05, 0.1) is 18.1 Å². The molecule has 1 N–H and O–H groups in total. The van der Waals surface area contributed by atoms with Crippen LogP contribution in [0.3, 0.4) is 0 Å². The second kappa shape index (κ2) is 7.93. The van der Waals surface area contributed by atoms with Crippen molar-refractivity contribution in [3.63, 3.8) is 0 Å². The lowest BCUT2D eigenvalue weighted by Gasteiger charge is -2.28. The van der Waals surface area contributed by atoms with Gasteiger partial charge in [-0.1, -0.05) is 30.3 Å². The monoisotopic (exact) mass is 347 g/mol. The molecule has 1 aliphatic heterocycles. The summed E-state index contributed by atoms with van der Waals surface area (Å²) >= 11 is 0. The van der Waals surface area contributed by atoms with E-state index in [0.29, 0.717) is 12.5 Å². The molecule has 6 heteroatoms. The molecule has 0 bridgehead atoms. The van der Waals surface area contributed by atoms with Crippen molar-refractivity contribution in [3.8, 4) is 17.1 Å². The molecule has 1 saturated heterocycles. The van der Waals surface area contributed by atoms with Crippen molar-refractivity contribution in [2.45, 2.75) is 6.61 Å². The fourth-order valence-electron chi connectivity index (χ4n) is 2.92. The first-order valence-electron chi connectivity index (χ1n) is 8.79. The summed E-state index contributed by atoms with van der Waals surface area (Å²) in [5.41, 5.74) is 3.14. The summed E-state index contributed by atoms with van der Waals surface area (Å²) in [5.74, 6) is 1.42. The van der Waals surface area contributed by atoms with Gasteiger partial charge < -0.3 is 15.0 Å². The smallest absolute Gasteiger partial charge is 0.234 e. The normalized spacial score (nSPS) is 14.2. The number of anilines is 1. The van der Waals surface area contributed by atoms with Crippen molar-refractivity contribution < 1.29 is 4.74 Å². The third kappa shape index (κ3) is 3.97. The molecule has 4 rings (SSSR count). The predicted octanol–water partition coefficient (Wildman–Crippen LogP) is 2.53. The van der Waals surface area contributed by atoms with Crippen LogP contribution in [0.1, 0.15) is 5.56 Å². The van der Waals surface area contributed by atoms with E-state index in [2.05, 4.69) is 49.4 Å². The van der Waals surface area contributed by atoms with Gasteiger partial charge in [-0.3, -0.25) is 9.97 Å². The highest BCUT2D eigenvalue weighted by Gasteiger charge is 2.12. The summed E-state index contributed by atoms with van der Waals surface area (Å²) in [4.78, 5) is 15.4. The molecular formula is C20H21N5O. The van der Waals surface area contributed by atoms with Gasteiger partial charge in [0.1, 0.15) is 6.61 Å². The molecule has 0 saturated carbocycles. The lowest BCUT2D eigenvalue weighted by Crippen LogP contribution is -2.43. The molecule has 26 heavy (non-hydrogen) atoms. The number of piperazine rings is 1. The van der Waals surface area contributed by atoms with E-state index in [9.17, 15) is 0 Å². The van der Waals surface area contributed by atoms with Crippen LogP contribution >= 0.6 is 0 Å². The minimum Gasteiger partial charge on any atom is -0.472 e. The van der Waals surface area contributed by atoms with Gasteiger partial charge in [-0.15, -0.1) is 0 Å². The van der Waals surface area contributed by atoms with E-state index >= 15 is 0 Å². The highest BCUT2D eigenvalue weighted by Crippen LogP contribution is 2.19. The molecule has 0 unspecified atom stereocenters. The van der Waals surface area contributed by atoms with Crippen molar-refractivity contribution in [2.75, 3.05) is 31.1 Å². The van der Waals surface area contributed by atoms with Crippen LogP contribution in [-0.4, -0.2) is 41.1 Å². The van der Waals surface area contributed by atoms with Crippen LogP contribution in [0, 0.1) is 0 Å². The van der Waals surface area contributed by atoms with E-state index in [1.54, 1.807) is 18.6 Å². The summed E-state index contributed by atoms with van der Waals surface area (Å²) < 4.78 is 5.84. The molecule has 0 amide bonds. The highest BCUT2D eigenvalue weighted by atomic mass is 16.5. The van der Waals surface area contributed by atoms with Crippen LogP contribution in [0.2, 0.25) is 0 Å². The molecule has 0 radical (unpaired) electrons. The van der Waals surface area contributed by atoms with Crippen LogP contribution in [-0.2, 0) is 6.61 Å². The standard InChI is InChI=1S/C20H21N5O/c1-2-8-23-18(3-1)17-6-4-16(5-7-17)15-26-20-14-22-13-19(24-20)25-11-9-21-10-12-25/h1-8,13-14,21H,9-12,15H2. The van der Waals surface area contributed by atoms with Gasteiger partial charge in [-0.25, -0.2) is 0 Å². The second-order valence-electron chi connectivity index (χ2n) is 6.15. The van der Waals surface area contributed by atoms with Gasteiger partial charge in [-0.05, 0) is 17.7 Å². The van der Waals surface area contributed by atoms with E-state index < -0.39 is 0 Å². The summed E-state index contributed by atoms with van der Waals surface area (Å²) in [6.45, 7) is 4.27. The van der Waals surface area contributed by atoms with E-state index in [1.807, 2.05) is 18.2 Å². The topological polar surface area (TPSA) is 63.2 Å². The number of aromatic nitrogens is 3. The third-order valence-electron chi connectivity index (χ3n) is 4.34. The molecule has 1 fully saturated rings. The fraction of sp³-hybridized carbons (Fsp3) is 0.250. The van der Waals surface area contributed by atoms with Crippen molar-refractivity contribution >= 4 is 5.82 Å². The number of nitrogens with one attached hydrogen (secondary N) is 1. The number of ether oxygens (including phenoxy) is 1. The molecule has 3 heterocycles. The molecule has 0 spiro atoms. The van der Waals surface area contributed by atoms with Gasteiger partial charge >= 0.3 is 0 Å². The quantitative estimate of drug-likeness (QED) is 0.765. The number of hydrogen-bond acceptors (Lipinski definition) is 6. The van der Waals surface area contributed by atoms with E-state index in [1.165, 1.54) is 0 Å². The molecular weight excluding hydrogens is 326 g/mol. The van der Waals surface area contributed by atoms with E-state index in [0.717, 1.165) is 48.8 Å². The predicted molar refractivity (Wildman–Crippen MR) is 101 cm³/mol. The Kier molecular flexibility index (Phi) is 5.02. The van der Waals surface area contributed by atoms with Crippen molar-refractivity contribution in [3.05, 3.63) is 66.6 Å². The lowest BCUT2D eigenvalue weighted by molar-refractivity contribution is 0.292. The Labute approximate surface area is 152 Å². The number of benzene rings is 1. The van der Waals surface area contributed by atoms with Crippen LogP contribution in [0.4, 0.5) is 5.82 Å².